The second-order valence-electron chi connectivity index (χ2n) is 13.1. The molecule has 2 heterocycles. The van der Waals surface area contributed by atoms with Crippen molar-refractivity contribution >= 4 is 22.1 Å². The number of aromatic nitrogens is 4. The van der Waals surface area contributed by atoms with Crippen LogP contribution in [0.1, 0.15) is 22.3 Å². The largest absolute Gasteiger partial charge is 0.416 e. The molecule has 0 saturated carbocycles. The topological polar surface area (TPSA) is 51.6 Å². The first-order chi connectivity index (χ1) is 25.8. The van der Waals surface area contributed by atoms with Crippen LogP contribution in [0.2, 0.25) is 0 Å². The molecule has 54 heavy (non-hydrogen) atoms. The highest BCUT2D eigenvalue weighted by Gasteiger charge is 2.31. The van der Waals surface area contributed by atoms with Crippen LogP contribution in [0, 0.1) is 13.8 Å². The minimum atomic E-state index is -4.55. The molecule has 0 unspecified atom stereocenters. The monoisotopic (exact) mass is 726 g/mol. The van der Waals surface area contributed by atoms with Crippen molar-refractivity contribution in [2.24, 2.45) is 0 Å². The van der Waals surface area contributed by atoms with E-state index >= 15 is 0 Å². The van der Waals surface area contributed by atoms with Gasteiger partial charge in [0, 0.05) is 22.3 Å². The van der Waals surface area contributed by atoms with Gasteiger partial charge >= 0.3 is 12.4 Å². The maximum Gasteiger partial charge on any atom is 0.416 e. The van der Waals surface area contributed by atoms with Gasteiger partial charge in [-0.3, -0.25) is 0 Å². The summed E-state index contributed by atoms with van der Waals surface area (Å²) >= 11 is 0. The summed E-state index contributed by atoms with van der Waals surface area (Å²) in [5.41, 5.74) is 8.96. The molecule has 0 spiro atoms. The van der Waals surface area contributed by atoms with Crippen LogP contribution in [0.5, 0.6) is 0 Å². The number of hydrogen-bond acceptors (Lipinski definition) is 4. The zero-order valence-electron chi connectivity index (χ0n) is 28.8. The molecule has 6 aromatic carbocycles. The minimum absolute atomic E-state index is 0.226. The first-order valence-electron chi connectivity index (χ1n) is 16.9. The van der Waals surface area contributed by atoms with Crippen LogP contribution in [0.15, 0.2) is 133 Å². The van der Waals surface area contributed by atoms with Crippen LogP contribution in [0.25, 0.3) is 78.2 Å². The van der Waals surface area contributed by atoms with Crippen molar-refractivity contribution in [2.75, 3.05) is 0 Å². The second kappa shape index (κ2) is 13.2. The van der Waals surface area contributed by atoms with Crippen LogP contribution in [0.3, 0.4) is 0 Å². The van der Waals surface area contributed by atoms with Gasteiger partial charge in [-0.15, -0.1) is 0 Å². The summed E-state index contributed by atoms with van der Waals surface area (Å²) in [6.45, 7) is 4.06. The molecule has 0 fully saturated rings. The molecule has 0 aliphatic rings. The molecule has 266 valence electrons. The number of nitrogens with zero attached hydrogens (tertiary/aromatic N) is 4. The van der Waals surface area contributed by atoms with E-state index in [0.29, 0.717) is 33.2 Å². The van der Waals surface area contributed by atoms with Gasteiger partial charge in [0.1, 0.15) is 0 Å². The number of fused-ring (bicyclic) bond motifs is 2. The molecule has 0 amide bonds. The van der Waals surface area contributed by atoms with Gasteiger partial charge in [0.25, 0.3) is 0 Å². The highest BCUT2D eigenvalue weighted by Crippen LogP contribution is 2.38. The molecule has 0 aliphatic heterocycles. The van der Waals surface area contributed by atoms with Crippen molar-refractivity contribution in [1.29, 1.82) is 0 Å². The van der Waals surface area contributed by atoms with Crippen molar-refractivity contribution < 1.29 is 26.3 Å². The van der Waals surface area contributed by atoms with E-state index < -0.39 is 23.5 Å². The zero-order chi connectivity index (χ0) is 37.8. The molecule has 10 heteroatoms. The smallest absolute Gasteiger partial charge is 0.244 e. The Morgan fingerprint density at radius 2 is 0.574 bits per heavy atom. The summed E-state index contributed by atoms with van der Waals surface area (Å²) in [7, 11) is 0. The lowest BCUT2D eigenvalue weighted by atomic mass is 9.99. The average molecular weight is 727 g/mol. The number of aryl methyl sites for hydroxylation is 2. The van der Waals surface area contributed by atoms with Gasteiger partial charge in [-0.05, 0) is 73.5 Å². The summed E-state index contributed by atoms with van der Waals surface area (Å²) < 4.78 is 80.3. The predicted molar refractivity (Wildman–Crippen MR) is 199 cm³/mol. The maximum absolute atomic E-state index is 13.4. The molecule has 0 bridgehead atoms. The van der Waals surface area contributed by atoms with Gasteiger partial charge < -0.3 is 0 Å². The summed E-state index contributed by atoms with van der Waals surface area (Å²) in [5.74, 6) is 0. The van der Waals surface area contributed by atoms with Gasteiger partial charge in [0.05, 0.1) is 56.0 Å². The Hall–Kier alpha value is -6.42. The fourth-order valence-corrected chi connectivity index (χ4v) is 6.33. The Balaban J connectivity index is 1.25. The molecular formula is C44H28F6N4. The van der Waals surface area contributed by atoms with E-state index in [1.807, 2.05) is 92.7 Å². The lowest BCUT2D eigenvalue weighted by Gasteiger charge is -2.14. The zero-order valence-corrected chi connectivity index (χ0v) is 28.8. The maximum atomic E-state index is 13.4. The van der Waals surface area contributed by atoms with Crippen LogP contribution in [0.4, 0.5) is 26.3 Å². The molecule has 4 nitrogen and oxygen atoms in total. The standard InChI is InChI=1S/C44H28F6N4/c1-25-3-7-27(8-4-25)39-41(28-9-5-26(2)6-10-28)53-37-23-31(15-21-35(37)51-39)32-16-22-36-38(24-32)54-42(30-13-19-34(20-14-30)44(48,49)50)40(52-36)29-11-17-33(18-12-29)43(45,46)47/h3-24H,1-2H3. The molecule has 8 rings (SSSR count). The molecule has 0 radical (unpaired) electrons. The fraction of sp³-hybridized carbons (Fsp3) is 0.0909. The van der Waals surface area contributed by atoms with Crippen molar-refractivity contribution in [3.05, 3.63) is 156 Å². The van der Waals surface area contributed by atoms with Gasteiger partial charge in [-0.1, -0.05) is 96.1 Å². The van der Waals surface area contributed by atoms with Crippen molar-refractivity contribution in [2.45, 2.75) is 26.2 Å². The van der Waals surface area contributed by atoms with Crippen molar-refractivity contribution in [1.82, 2.24) is 19.9 Å². The van der Waals surface area contributed by atoms with Crippen LogP contribution in [-0.4, -0.2) is 19.9 Å². The third kappa shape index (κ3) is 6.78. The summed E-state index contributed by atoms with van der Waals surface area (Å²) in [4.78, 5) is 19.8. The van der Waals surface area contributed by atoms with E-state index in [0.717, 1.165) is 69.0 Å². The summed E-state index contributed by atoms with van der Waals surface area (Å²) in [6.07, 6.45) is -9.09. The average Bonchev–Trinajstić information content (AvgIpc) is 3.16. The van der Waals surface area contributed by atoms with E-state index in [2.05, 4.69) is 0 Å². The molecule has 0 saturated heterocycles. The molecule has 8 aromatic rings. The first-order valence-corrected chi connectivity index (χ1v) is 16.9. The highest BCUT2D eigenvalue weighted by atomic mass is 19.4. The Morgan fingerprint density at radius 3 is 0.870 bits per heavy atom. The van der Waals surface area contributed by atoms with Crippen molar-refractivity contribution in [3.8, 4) is 56.2 Å². The van der Waals surface area contributed by atoms with Crippen LogP contribution in [-0.2, 0) is 12.4 Å². The van der Waals surface area contributed by atoms with Crippen LogP contribution < -0.4 is 0 Å². The lowest BCUT2D eigenvalue weighted by Crippen LogP contribution is -2.05. The normalized spacial score (nSPS) is 12.1. The molecule has 0 aliphatic carbocycles. The Kier molecular flexibility index (Phi) is 8.48. The number of halogens is 6. The second-order valence-corrected chi connectivity index (χ2v) is 13.1. The van der Waals surface area contributed by atoms with E-state index in [4.69, 9.17) is 19.9 Å². The van der Waals surface area contributed by atoms with E-state index in [1.165, 1.54) is 24.3 Å². The molecule has 0 N–H and O–H groups in total. The van der Waals surface area contributed by atoms with Crippen LogP contribution >= 0.6 is 0 Å². The van der Waals surface area contributed by atoms with Gasteiger partial charge in [-0.2, -0.15) is 26.3 Å². The lowest BCUT2D eigenvalue weighted by molar-refractivity contribution is -0.138. The fourth-order valence-electron chi connectivity index (χ4n) is 6.33. The molecular weight excluding hydrogens is 698 g/mol. The molecule has 2 aromatic heterocycles. The Morgan fingerprint density at radius 1 is 0.315 bits per heavy atom. The number of alkyl halides is 6. The summed E-state index contributed by atoms with van der Waals surface area (Å²) in [5, 5.41) is 0. The van der Waals surface area contributed by atoms with E-state index in [9.17, 15) is 26.3 Å². The third-order valence-electron chi connectivity index (χ3n) is 9.28. The predicted octanol–water partition coefficient (Wildman–Crippen LogP) is 12.6. The van der Waals surface area contributed by atoms with Gasteiger partial charge in [-0.25, -0.2) is 19.9 Å². The van der Waals surface area contributed by atoms with Gasteiger partial charge in [0.15, 0.2) is 0 Å². The third-order valence-corrected chi connectivity index (χ3v) is 9.28. The van der Waals surface area contributed by atoms with E-state index in [-0.39, 0.29) is 11.4 Å². The summed E-state index contributed by atoms with van der Waals surface area (Å²) in [6, 6.07) is 36.4. The highest BCUT2D eigenvalue weighted by molar-refractivity contribution is 5.92. The van der Waals surface area contributed by atoms with E-state index in [1.54, 1.807) is 6.07 Å². The minimum Gasteiger partial charge on any atom is -0.244 e. The number of hydrogen-bond donors (Lipinski definition) is 0. The number of rotatable bonds is 5. The Labute approximate surface area is 305 Å². The van der Waals surface area contributed by atoms with Gasteiger partial charge in [0.2, 0.25) is 0 Å². The Bertz CT molecular complexity index is 2670. The molecule has 0 atom stereocenters. The van der Waals surface area contributed by atoms with Crippen molar-refractivity contribution in [3.63, 3.8) is 0 Å². The first kappa shape index (κ1) is 34.7. The quantitative estimate of drug-likeness (QED) is 0.166. The SMILES string of the molecule is Cc1ccc(-c2nc3ccc(-c4ccc5nc(-c6ccc(C(F)(F)F)cc6)c(-c6ccc(C(F)(F)F)cc6)nc5c4)cc3nc2-c2ccc(C)cc2)cc1. The number of benzene rings is 6.